The van der Waals surface area contributed by atoms with Crippen LogP contribution in [0.3, 0.4) is 0 Å². The Morgan fingerprint density at radius 2 is 2.17 bits per heavy atom. The Morgan fingerprint density at radius 3 is 2.78 bits per heavy atom. The van der Waals surface area contributed by atoms with Crippen LogP contribution in [0.4, 0.5) is 5.13 Å². The fourth-order valence-corrected chi connectivity index (χ4v) is 2.70. The molecule has 0 aliphatic carbocycles. The molecule has 1 N–H and O–H groups in total. The van der Waals surface area contributed by atoms with Crippen molar-refractivity contribution < 1.29 is 0 Å². The summed E-state index contributed by atoms with van der Waals surface area (Å²) < 4.78 is 1.83. The number of nitrogens with zero attached hydrogens (tertiary/aromatic N) is 4. The van der Waals surface area contributed by atoms with Gasteiger partial charge in [-0.2, -0.15) is 5.10 Å². The van der Waals surface area contributed by atoms with Crippen molar-refractivity contribution in [2.75, 3.05) is 5.32 Å². The summed E-state index contributed by atoms with van der Waals surface area (Å²) in [6.07, 6.45) is 3.02. The number of nitrogens with one attached hydrogen (secondary N) is 1. The number of hydrogen-bond donors (Lipinski definition) is 1. The molecule has 0 radical (unpaired) electrons. The van der Waals surface area contributed by atoms with Crippen molar-refractivity contribution >= 4 is 16.5 Å². The lowest BCUT2D eigenvalue weighted by molar-refractivity contribution is 0.640. The molecule has 0 saturated carbocycles. The van der Waals surface area contributed by atoms with Gasteiger partial charge in [0.2, 0.25) is 5.13 Å². The first-order chi connectivity index (χ1) is 8.54. The molecule has 0 aliphatic rings. The van der Waals surface area contributed by atoms with Gasteiger partial charge in [-0.05, 0) is 12.8 Å². The zero-order valence-electron chi connectivity index (χ0n) is 11.3. The fourth-order valence-electron chi connectivity index (χ4n) is 1.75. The largest absolute Gasteiger partial charge is 0.356 e. The molecule has 2 aromatic heterocycles. The predicted molar refractivity (Wildman–Crippen MR) is 73.7 cm³/mol. The van der Waals surface area contributed by atoms with E-state index < -0.39 is 0 Å². The van der Waals surface area contributed by atoms with Gasteiger partial charge in [0.15, 0.2) is 0 Å². The molecule has 0 spiro atoms. The molecule has 0 saturated heterocycles. The highest BCUT2D eigenvalue weighted by Gasteiger charge is 2.07. The van der Waals surface area contributed by atoms with Gasteiger partial charge < -0.3 is 5.32 Å². The first kappa shape index (κ1) is 13.0. The minimum Gasteiger partial charge on any atom is -0.356 e. The molecule has 0 atom stereocenters. The molecule has 2 aromatic rings. The lowest BCUT2D eigenvalue weighted by Gasteiger charge is -2.00. The van der Waals surface area contributed by atoms with E-state index in [2.05, 4.69) is 34.5 Å². The second-order valence-electron chi connectivity index (χ2n) is 4.87. The molecule has 6 heteroatoms. The Kier molecular flexibility index (Phi) is 3.96. The zero-order valence-corrected chi connectivity index (χ0v) is 12.1. The highest BCUT2D eigenvalue weighted by molar-refractivity contribution is 7.15. The van der Waals surface area contributed by atoms with E-state index in [-0.39, 0.29) is 0 Å². The normalized spacial score (nSPS) is 11.2. The lowest BCUT2D eigenvalue weighted by Crippen LogP contribution is -1.99. The van der Waals surface area contributed by atoms with Crippen LogP contribution in [-0.2, 0) is 20.0 Å². The summed E-state index contributed by atoms with van der Waals surface area (Å²) in [6, 6.07) is 0. The van der Waals surface area contributed by atoms with Crippen molar-refractivity contribution in [2.24, 2.45) is 13.0 Å². The van der Waals surface area contributed by atoms with E-state index >= 15 is 0 Å². The Morgan fingerprint density at radius 1 is 1.39 bits per heavy atom. The van der Waals surface area contributed by atoms with Crippen LogP contribution >= 0.6 is 11.3 Å². The van der Waals surface area contributed by atoms with Gasteiger partial charge in [-0.3, -0.25) is 4.68 Å². The molecule has 0 aromatic carbocycles. The summed E-state index contributed by atoms with van der Waals surface area (Å²) in [6.45, 7) is 7.14. The van der Waals surface area contributed by atoms with Gasteiger partial charge in [0.25, 0.3) is 0 Å². The van der Waals surface area contributed by atoms with Crippen LogP contribution in [0.15, 0.2) is 6.20 Å². The van der Waals surface area contributed by atoms with E-state index in [1.54, 1.807) is 11.3 Å². The van der Waals surface area contributed by atoms with Gasteiger partial charge in [0.1, 0.15) is 5.01 Å². The van der Waals surface area contributed by atoms with Crippen LogP contribution in [0.5, 0.6) is 0 Å². The minimum atomic E-state index is 0.617. The standard InChI is InChI=1S/C12H19N5S/c1-8(2)5-11-14-15-12(18-11)13-6-10-7-17(4)16-9(10)3/h7-8H,5-6H2,1-4H3,(H,13,15). The van der Waals surface area contributed by atoms with Crippen molar-refractivity contribution in [1.29, 1.82) is 0 Å². The third kappa shape index (κ3) is 3.29. The van der Waals surface area contributed by atoms with Gasteiger partial charge in [-0.1, -0.05) is 25.2 Å². The second-order valence-corrected chi connectivity index (χ2v) is 5.93. The Bertz CT molecular complexity index is 514. The van der Waals surface area contributed by atoms with Gasteiger partial charge in [-0.15, -0.1) is 10.2 Å². The Labute approximate surface area is 111 Å². The fraction of sp³-hybridized carbons (Fsp3) is 0.583. The molecule has 18 heavy (non-hydrogen) atoms. The second kappa shape index (κ2) is 5.48. The van der Waals surface area contributed by atoms with Crippen molar-refractivity contribution in [3.05, 3.63) is 22.5 Å². The summed E-state index contributed by atoms with van der Waals surface area (Å²) >= 11 is 1.63. The average molecular weight is 265 g/mol. The van der Waals surface area contributed by atoms with E-state index in [1.807, 2.05) is 24.9 Å². The number of anilines is 1. The highest BCUT2D eigenvalue weighted by Crippen LogP contribution is 2.19. The van der Waals surface area contributed by atoms with Crippen LogP contribution in [0.2, 0.25) is 0 Å². The van der Waals surface area contributed by atoms with Crippen LogP contribution in [0, 0.1) is 12.8 Å². The molecule has 0 unspecified atom stereocenters. The van der Waals surface area contributed by atoms with Gasteiger partial charge >= 0.3 is 0 Å². The van der Waals surface area contributed by atoms with Crippen molar-refractivity contribution in [1.82, 2.24) is 20.0 Å². The first-order valence-electron chi connectivity index (χ1n) is 6.10. The quantitative estimate of drug-likeness (QED) is 0.902. The number of aromatic nitrogens is 4. The van der Waals surface area contributed by atoms with Crippen LogP contribution in [0.1, 0.15) is 30.1 Å². The molecule has 0 aliphatic heterocycles. The molecular weight excluding hydrogens is 246 g/mol. The molecular formula is C12H19N5S. The number of rotatable bonds is 5. The summed E-state index contributed by atoms with van der Waals surface area (Å²) in [7, 11) is 1.93. The Balaban J connectivity index is 1.94. The van der Waals surface area contributed by atoms with Crippen molar-refractivity contribution in [3.63, 3.8) is 0 Å². The Hall–Kier alpha value is -1.43. The maximum Gasteiger partial charge on any atom is 0.205 e. The SMILES string of the molecule is Cc1nn(C)cc1CNc1nnc(CC(C)C)s1. The zero-order chi connectivity index (χ0) is 13.1. The third-order valence-corrected chi connectivity index (χ3v) is 3.50. The van der Waals surface area contributed by atoms with Crippen molar-refractivity contribution in [3.8, 4) is 0 Å². The van der Waals surface area contributed by atoms with Crippen LogP contribution in [-0.4, -0.2) is 20.0 Å². The highest BCUT2D eigenvalue weighted by atomic mass is 32.1. The first-order valence-corrected chi connectivity index (χ1v) is 6.91. The average Bonchev–Trinajstić information content (AvgIpc) is 2.82. The molecule has 0 amide bonds. The predicted octanol–water partition coefficient (Wildman–Crippen LogP) is 2.39. The third-order valence-electron chi connectivity index (χ3n) is 2.59. The summed E-state index contributed by atoms with van der Waals surface area (Å²) in [5.74, 6) is 0.617. The van der Waals surface area contributed by atoms with Gasteiger partial charge in [0.05, 0.1) is 5.69 Å². The maximum absolute atomic E-state index is 4.31. The van der Waals surface area contributed by atoms with E-state index in [0.717, 1.165) is 28.8 Å². The van der Waals surface area contributed by atoms with Crippen molar-refractivity contribution in [2.45, 2.75) is 33.7 Å². The topological polar surface area (TPSA) is 55.6 Å². The van der Waals surface area contributed by atoms with E-state index in [1.165, 1.54) is 5.56 Å². The smallest absolute Gasteiger partial charge is 0.205 e. The molecule has 0 bridgehead atoms. The summed E-state index contributed by atoms with van der Waals surface area (Å²) in [5, 5.41) is 17.9. The van der Waals surface area contributed by atoms with Crippen LogP contribution in [0.25, 0.3) is 0 Å². The molecule has 98 valence electrons. The number of aryl methyl sites for hydroxylation is 2. The van der Waals surface area contributed by atoms with E-state index in [9.17, 15) is 0 Å². The minimum absolute atomic E-state index is 0.617. The number of hydrogen-bond acceptors (Lipinski definition) is 5. The summed E-state index contributed by atoms with van der Waals surface area (Å²) in [5.41, 5.74) is 2.25. The van der Waals surface area contributed by atoms with Gasteiger partial charge in [0, 0.05) is 31.8 Å². The van der Waals surface area contributed by atoms with Gasteiger partial charge in [-0.25, -0.2) is 0 Å². The molecule has 2 heterocycles. The monoisotopic (exact) mass is 265 g/mol. The van der Waals surface area contributed by atoms with E-state index in [0.29, 0.717) is 5.92 Å². The molecule has 5 nitrogen and oxygen atoms in total. The van der Waals surface area contributed by atoms with E-state index in [4.69, 9.17) is 0 Å². The lowest BCUT2D eigenvalue weighted by atomic mass is 10.1. The molecule has 2 rings (SSSR count). The van der Waals surface area contributed by atoms with Crippen LogP contribution < -0.4 is 5.32 Å². The maximum atomic E-state index is 4.31. The molecule has 0 fully saturated rings. The summed E-state index contributed by atoms with van der Waals surface area (Å²) in [4.78, 5) is 0.